The molecule has 0 fully saturated rings. The normalized spacial score (nSPS) is 9.93. The molecule has 2 nitrogen and oxygen atoms in total. The van der Waals surface area contributed by atoms with Crippen LogP contribution in [0.1, 0.15) is 17.5 Å². The van der Waals surface area contributed by atoms with Gasteiger partial charge in [0.2, 0.25) is 0 Å². The van der Waals surface area contributed by atoms with E-state index < -0.39 is 0 Å². The van der Waals surface area contributed by atoms with E-state index in [9.17, 15) is 9.18 Å². The van der Waals surface area contributed by atoms with Gasteiger partial charge in [-0.1, -0.05) is 17.7 Å². The third-order valence-corrected chi connectivity index (χ3v) is 2.03. The Hall–Kier alpha value is -1.38. The van der Waals surface area contributed by atoms with Crippen LogP contribution >= 0.6 is 0 Å². The molecule has 0 saturated heterocycles. The number of halogens is 1. The van der Waals surface area contributed by atoms with Crippen LogP contribution in [0.25, 0.3) is 0 Å². The van der Waals surface area contributed by atoms with E-state index in [1.807, 2.05) is 6.92 Å². The Bertz CT molecular complexity index is 334. The molecule has 1 rings (SSSR count). The van der Waals surface area contributed by atoms with E-state index in [0.29, 0.717) is 12.0 Å². The second-order valence-electron chi connectivity index (χ2n) is 3.17. The molecule has 0 aromatic heterocycles. The molecule has 0 N–H and O–H groups in total. The summed E-state index contributed by atoms with van der Waals surface area (Å²) in [6.45, 7) is 1.89. The van der Waals surface area contributed by atoms with Crippen LogP contribution in [0.15, 0.2) is 18.2 Å². The minimum absolute atomic E-state index is 0.219. The zero-order chi connectivity index (χ0) is 10.6. The fourth-order valence-corrected chi connectivity index (χ4v) is 1.23. The summed E-state index contributed by atoms with van der Waals surface area (Å²) < 4.78 is 17.7. The zero-order valence-corrected chi connectivity index (χ0v) is 8.34. The summed E-state index contributed by atoms with van der Waals surface area (Å²) in [6, 6.07) is 4.87. The number of hydrogen-bond acceptors (Lipinski definition) is 2. The molecular weight excluding hydrogens is 183 g/mol. The van der Waals surface area contributed by atoms with Gasteiger partial charge in [0.25, 0.3) is 0 Å². The topological polar surface area (TPSA) is 26.3 Å². The number of aryl methyl sites for hydroxylation is 2. The van der Waals surface area contributed by atoms with Crippen molar-refractivity contribution >= 4 is 5.97 Å². The number of methoxy groups -OCH3 is 1. The van der Waals surface area contributed by atoms with E-state index in [2.05, 4.69) is 4.74 Å². The summed E-state index contributed by atoms with van der Waals surface area (Å²) in [5.41, 5.74) is 1.56. The number of benzene rings is 1. The number of rotatable bonds is 3. The van der Waals surface area contributed by atoms with Gasteiger partial charge >= 0.3 is 5.97 Å². The van der Waals surface area contributed by atoms with Gasteiger partial charge in [-0.2, -0.15) is 0 Å². The maximum atomic E-state index is 13.2. The highest BCUT2D eigenvalue weighted by Gasteiger charge is 2.05. The molecule has 0 aliphatic heterocycles. The highest BCUT2D eigenvalue weighted by atomic mass is 19.1. The Labute approximate surface area is 82.7 Å². The van der Waals surface area contributed by atoms with Crippen molar-refractivity contribution in [2.45, 2.75) is 19.8 Å². The largest absolute Gasteiger partial charge is 0.469 e. The van der Waals surface area contributed by atoms with Gasteiger partial charge in [0.1, 0.15) is 5.82 Å². The third kappa shape index (κ3) is 2.83. The van der Waals surface area contributed by atoms with Gasteiger partial charge in [0.05, 0.1) is 7.11 Å². The van der Waals surface area contributed by atoms with Crippen LogP contribution in [-0.4, -0.2) is 13.1 Å². The first-order valence-corrected chi connectivity index (χ1v) is 4.45. The lowest BCUT2D eigenvalue weighted by molar-refractivity contribution is -0.140. The first kappa shape index (κ1) is 10.7. The van der Waals surface area contributed by atoms with Gasteiger partial charge in [0, 0.05) is 6.42 Å². The second-order valence-corrected chi connectivity index (χ2v) is 3.17. The fourth-order valence-electron chi connectivity index (χ4n) is 1.23. The van der Waals surface area contributed by atoms with Crippen LogP contribution in [0.3, 0.4) is 0 Å². The third-order valence-electron chi connectivity index (χ3n) is 2.03. The minimum atomic E-state index is -0.314. The van der Waals surface area contributed by atoms with Gasteiger partial charge in [-0.05, 0) is 25.0 Å². The molecule has 1 aromatic rings. The number of carbonyl (C=O) groups excluding carboxylic acids is 1. The van der Waals surface area contributed by atoms with E-state index in [4.69, 9.17) is 0 Å². The van der Waals surface area contributed by atoms with Crippen molar-refractivity contribution in [2.24, 2.45) is 0 Å². The van der Waals surface area contributed by atoms with Crippen LogP contribution < -0.4 is 0 Å². The van der Waals surface area contributed by atoms with Crippen molar-refractivity contribution in [1.29, 1.82) is 0 Å². The Balaban J connectivity index is 2.66. The van der Waals surface area contributed by atoms with Crippen LogP contribution in [0, 0.1) is 12.7 Å². The molecule has 0 spiro atoms. The Kier molecular flexibility index (Phi) is 3.63. The average molecular weight is 196 g/mol. The molecule has 0 atom stereocenters. The van der Waals surface area contributed by atoms with Gasteiger partial charge in [0.15, 0.2) is 0 Å². The van der Waals surface area contributed by atoms with Crippen molar-refractivity contribution in [3.63, 3.8) is 0 Å². The van der Waals surface area contributed by atoms with Crippen molar-refractivity contribution in [1.82, 2.24) is 0 Å². The van der Waals surface area contributed by atoms with Crippen LogP contribution in [0.4, 0.5) is 4.39 Å². The SMILES string of the molecule is COC(=O)CCc1cc(C)ccc1F. The van der Waals surface area contributed by atoms with E-state index >= 15 is 0 Å². The molecule has 0 radical (unpaired) electrons. The monoisotopic (exact) mass is 196 g/mol. The number of ether oxygens (including phenoxy) is 1. The van der Waals surface area contributed by atoms with Gasteiger partial charge in [-0.3, -0.25) is 4.79 Å². The number of hydrogen-bond donors (Lipinski definition) is 0. The molecule has 0 aliphatic rings. The number of carbonyl (C=O) groups is 1. The smallest absolute Gasteiger partial charge is 0.305 e. The van der Waals surface area contributed by atoms with Gasteiger partial charge in [-0.25, -0.2) is 4.39 Å². The lowest BCUT2D eigenvalue weighted by Crippen LogP contribution is -2.03. The molecule has 0 unspecified atom stereocenters. The average Bonchev–Trinajstić information content (AvgIpc) is 2.19. The lowest BCUT2D eigenvalue weighted by Gasteiger charge is -2.03. The summed E-state index contributed by atoms with van der Waals surface area (Å²) in [5, 5.41) is 0. The van der Waals surface area contributed by atoms with Crippen LogP contribution in [-0.2, 0) is 16.0 Å². The van der Waals surface area contributed by atoms with Crippen molar-refractivity contribution < 1.29 is 13.9 Å². The molecule has 76 valence electrons. The summed E-state index contributed by atoms with van der Waals surface area (Å²) in [5.74, 6) is -0.578. The fraction of sp³-hybridized carbons (Fsp3) is 0.364. The lowest BCUT2D eigenvalue weighted by atomic mass is 10.1. The van der Waals surface area contributed by atoms with Crippen molar-refractivity contribution in [3.05, 3.63) is 35.1 Å². The summed E-state index contributed by atoms with van der Waals surface area (Å²) in [6.07, 6.45) is 0.608. The molecule has 0 heterocycles. The van der Waals surface area contributed by atoms with Crippen LogP contribution in [0.2, 0.25) is 0 Å². The van der Waals surface area contributed by atoms with E-state index in [1.165, 1.54) is 13.2 Å². The predicted molar refractivity (Wildman–Crippen MR) is 51.5 cm³/mol. The highest BCUT2D eigenvalue weighted by Crippen LogP contribution is 2.12. The molecular formula is C11H13FO2. The number of esters is 1. The Morgan fingerprint density at radius 2 is 2.21 bits per heavy atom. The quantitative estimate of drug-likeness (QED) is 0.693. The van der Waals surface area contributed by atoms with E-state index in [0.717, 1.165) is 5.56 Å². The minimum Gasteiger partial charge on any atom is -0.469 e. The van der Waals surface area contributed by atoms with Crippen molar-refractivity contribution in [3.8, 4) is 0 Å². The Morgan fingerprint density at radius 3 is 2.86 bits per heavy atom. The summed E-state index contributed by atoms with van der Waals surface area (Å²) in [4.78, 5) is 10.8. The summed E-state index contributed by atoms with van der Waals surface area (Å²) in [7, 11) is 1.33. The zero-order valence-electron chi connectivity index (χ0n) is 8.34. The van der Waals surface area contributed by atoms with Gasteiger partial charge in [-0.15, -0.1) is 0 Å². The highest BCUT2D eigenvalue weighted by molar-refractivity contribution is 5.69. The van der Waals surface area contributed by atoms with Crippen molar-refractivity contribution in [2.75, 3.05) is 7.11 Å². The Morgan fingerprint density at radius 1 is 1.50 bits per heavy atom. The first-order chi connectivity index (χ1) is 6.63. The molecule has 0 amide bonds. The van der Waals surface area contributed by atoms with E-state index in [-0.39, 0.29) is 18.2 Å². The molecule has 1 aromatic carbocycles. The molecule has 0 aliphatic carbocycles. The molecule has 0 saturated carbocycles. The molecule has 3 heteroatoms. The van der Waals surface area contributed by atoms with Crippen LogP contribution in [0.5, 0.6) is 0 Å². The first-order valence-electron chi connectivity index (χ1n) is 4.45. The van der Waals surface area contributed by atoms with E-state index in [1.54, 1.807) is 12.1 Å². The maximum Gasteiger partial charge on any atom is 0.305 e. The predicted octanol–water partition coefficient (Wildman–Crippen LogP) is 2.24. The van der Waals surface area contributed by atoms with Gasteiger partial charge < -0.3 is 4.74 Å². The molecule has 14 heavy (non-hydrogen) atoms. The second kappa shape index (κ2) is 4.74. The standard InChI is InChI=1S/C11H13FO2/c1-8-3-5-10(12)9(7-8)4-6-11(13)14-2/h3,5,7H,4,6H2,1-2H3. The molecule has 0 bridgehead atoms. The summed E-state index contributed by atoms with van der Waals surface area (Å²) >= 11 is 0. The maximum absolute atomic E-state index is 13.2.